The average molecular weight is 278 g/mol. The van der Waals surface area contributed by atoms with Gasteiger partial charge in [0.05, 0.1) is 14.2 Å². The highest BCUT2D eigenvalue weighted by molar-refractivity contribution is 6.02. The SMILES string of the molecule is COC(=O)C1(C(=O)OC)CC2=C(CCC(C(C)=O)=C2)C1. The first-order chi connectivity index (χ1) is 9.44. The third kappa shape index (κ3) is 2.17. The molecule has 2 rings (SSSR count). The maximum atomic E-state index is 12.1. The first kappa shape index (κ1) is 14.5. The molecule has 0 aliphatic heterocycles. The Bertz CT molecular complexity index is 522. The Labute approximate surface area is 117 Å². The fourth-order valence-electron chi connectivity index (χ4n) is 3.00. The Balaban J connectivity index is 2.34. The van der Waals surface area contributed by atoms with Crippen LogP contribution in [0.1, 0.15) is 32.6 Å². The molecule has 0 spiro atoms. The Hall–Kier alpha value is -1.91. The zero-order valence-corrected chi connectivity index (χ0v) is 11.9. The summed E-state index contributed by atoms with van der Waals surface area (Å²) in [4.78, 5) is 35.6. The van der Waals surface area contributed by atoms with E-state index in [-0.39, 0.29) is 12.2 Å². The van der Waals surface area contributed by atoms with Gasteiger partial charge in [-0.05, 0) is 43.8 Å². The van der Waals surface area contributed by atoms with Crippen molar-refractivity contribution in [1.82, 2.24) is 0 Å². The van der Waals surface area contributed by atoms with Crippen LogP contribution in [0.3, 0.4) is 0 Å². The van der Waals surface area contributed by atoms with Crippen molar-refractivity contribution in [1.29, 1.82) is 0 Å². The molecule has 0 aromatic heterocycles. The van der Waals surface area contributed by atoms with Crippen LogP contribution in [0.5, 0.6) is 0 Å². The molecule has 2 aliphatic carbocycles. The van der Waals surface area contributed by atoms with Gasteiger partial charge in [0.25, 0.3) is 0 Å². The molecule has 0 saturated heterocycles. The van der Waals surface area contributed by atoms with Crippen molar-refractivity contribution in [2.75, 3.05) is 14.2 Å². The van der Waals surface area contributed by atoms with Gasteiger partial charge in [0.2, 0.25) is 0 Å². The second-order valence-electron chi connectivity index (χ2n) is 5.27. The van der Waals surface area contributed by atoms with Crippen molar-refractivity contribution in [2.24, 2.45) is 5.41 Å². The van der Waals surface area contributed by atoms with Gasteiger partial charge in [0.15, 0.2) is 11.2 Å². The fraction of sp³-hybridized carbons (Fsp3) is 0.533. The van der Waals surface area contributed by atoms with Crippen molar-refractivity contribution in [3.63, 3.8) is 0 Å². The number of ether oxygens (including phenoxy) is 2. The first-order valence-electron chi connectivity index (χ1n) is 6.54. The van der Waals surface area contributed by atoms with E-state index < -0.39 is 17.4 Å². The minimum Gasteiger partial charge on any atom is -0.468 e. The van der Waals surface area contributed by atoms with Gasteiger partial charge in [-0.25, -0.2) is 0 Å². The summed E-state index contributed by atoms with van der Waals surface area (Å²) in [6.45, 7) is 1.53. The normalized spacial score (nSPS) is 20.1. The second kappa shape index (κ2) is 5.23. The Morgan fingerprint density at radius 3 is 2.15 bits per heavy atom. The largest absolute Gasteiger partial charge is 0.468 e. The number of Topliss-reactive ketones (excluding diaryl/α,β-unsaturated/α-hetero) is 1. The Kier molecular flexibility index (Phi) is 3.79. The molecule has 0 N–H and O–H groups in total. The molecule has 0 unspecified atom stereocenters. The summed E-state index contributed by atoms with van der Waals surface area (Å²) in [6, 6.07) is 0. The van der Waals surface area contributed by atoms with E-state index >= 15 is 0 Å². The van der Waals surface area contributed by atoms with E-state index in [1.54, 1.807) is 0 Å². The quantitative estimate of drug-likeness (QED) is 0.580. The minimum absolute atomic E-state index is 0.0326. The summed E-state index contributed by atoms with van der Waals surface area (Å²) in [7, 11) is 2.53. The van der Waals surface area contributed by atoms with Gasteiger partial charge < -0.3 is 9.47 Å². The van der Waals surface area contributed by atoms with Gasteiger partial charge in [-0.1, -0.05) is 11.6 Å². The molecule has 0 aromatic rings. The van der Waals surface area contributed by atoms with Gasteiger partial charge in [-0.2, -0.15) is 0 Å². The van der Waals surface area contributed by atoms with Crippen LogP contribution in [0.15, 0.2) is 22.8 Å². The van der Waals surface area contributed by atoms with Crippen molar-refractivity contribution in [2.45, 2.75) is 32.6 Å². The van der Waals surface area contributed by atoms with E-state index in [9.17, 15) is 14.4 Å². The van der Waals surface area contributed by atoms with Crippen LogP contribution in [-0.4, -0.2) is 31.9 Å². The first-order valence-corrected chi connectivity index (χ1v) is 6.54. The molecular formula is C15H18O5. The fourth-order valence-corrected chi connectivity index (χ4v) is 3.00. The molecule has 0 bridgehead atoms. The van der Waals surface area contributed by atoms with Crippen LogP contribution < -0.4 is 0 Å². The summed E-state index contributed by atoms with van der Waals surface area (Å²) < 4.78 is 9.57. The topological polar surface area (TPSA) is 69.7 Å². The maximum absolute atomic E-state index is 12.1. The zero-order chi connectivity index (χ0) is 14.9. The van der Waals surface area contributed by atoms with Crippen LogP contribution in [0.4, 0.5) is 0 Å². The number of allylic oxidation sites excluding steroid dienone is 4. The smallest absolute Gasteiger partial charge is 0.323 e. The van der Waals surface area contributed by atoms with Crippen LogP contribution in [0.25, 0.3) is 0 Å². The molecule has 0 atom stereocenters. The molecule has 0 saturated carbocycles. The summed E-state index contributed by atoms with van der Waals surface area (Å²) in [5.74, 6) is -1.11. The molecule has 108 valence electrons. The number of hydrogen-bond acceptors (Lipinski definition) is 5. The van der Waals surface area contributed by atoms with Crippen LogP contribution in [0, 0.1) is 5.41 Å². The molecule has 0 amide bonds. The Morgan fingerprint density at radius 1 is 1.05 bits per heavy atom. The highest BCUT2D eigenvalue weighted by Gasteiger charge is 2.53. The van der Waals surface area contributed by atoms with E-state index in [1.165, 1.54) is 21.1 Å². The standard InChI is InChI=1S/C15H18O5/c1-9(16)10-4-5-11-7-15(13(17)19-2,14(18)20-3)8-12(11)6-10/h6H,4-5,7-8H2,1-3H3. The van der Waals surface area contributed by atoms with Gasteiger partial charge in [-0.3, -0.25) is 14.4 Å². The highest BCUT2D eigenvalue weighted by Crippen LogP contribution is 2.48. The monoisotopic (exact) mass is 278 g/mol. The van der Waals surface area contributed by atoms with Crippen molar-refractivity contribution < 1.29 is 23.9 Å². The second-order valence-corrected chi connectivity index (χ2v) is 5.27. The number of rotatable bonds is 3. The number of esters is 2. The highest BCUT2D eigenvalue weighted by atomic mass is 16.5. The van der Waals surface area contributed by atoms with Crippen molar-refractivity contribution >= 4 is 17.7 Å². The molecule has 2 aliphatic rings. The lowest BCUT2D eigenvalue weighted by atomic mass is 9.83. The summed E-state index contributed by atoms with van der Waals surface area (Å²) in [5.41, 5.74) is 1.41. The molecule has 20 heavy (non-hydrogen) atoms. The minimum atomic E-state index is -1.28. The van der Waals surface area contributed by atoms with E-state index in [0.717, 1.165) is 16.7 Å². The zero-order valence-electron chi connectivity index (χ0n) is 11.9. The third-order valence-corrected chi connectivity index (χ3v) is 4.11. The number of carbonyl (C=O) groups is 3. The van der Waals surface area contributed by atoms with E-state index in [2.05, 4.69) is 0 Å². The summed E-state index contributed by atoms with van der Waals surface area (Å²) >= 11 is 0. The van der Waals surface area contributed by atoms with Crippen molar-refractivity contribution in [3.8, 4) is 0 Å². The van der Waals surface area contributed by atoms with Gasteiger partial charge >= 0.3 is 11.9 Å². The Morgan fingerprint density at radius 2 is 1.65 bits per heavy atom. The number of carbonyl (C=O) groups excluding carboxylic acids is 3. The molecule has 0 heterocycles. The lowest BCUT2D eigenvalue weighted by Crippen LogP contribution is -2.39. The van der Waals surface area contributed by atoms with E-state index in [0.29, 0.717) is 19.3 Å². The van der Waals surface area contributed by atoms with Crippen LogP contribution in [0.2, 0.25) is 0 Å². The van der Waals surface area contributed by atoms with Crippen LogP contribution in [-0.2, 0) is 23.9 Å². The number of methoxy groups -OCH3 is 2. The molecule has 0 radical (unpaired) electrons. The molecular weight excluding hydrogens is 260 g/mol. The molecule has 5 heteroatoms. The van der Waals surface area contributed by atoms with Gasteiger partial charge in [-0.15, -0.1) is 0 Å². The third-order valence-electron chi connectivity index (χ3n) is 4.11. The van der Waals surface area contributed by atoms with Crippen LogP contribution >= 0.6 is 0 Å². The maximum Gasteiger partial charge on any atom is 0.323 e. The lowest BCUT2D eigenvalue weighted by molar-refractivity contribution is -0.168. The van der Waals surface area contributed by atoms with Gasteiger partial charge in [0.1, 0.15) is 0 Å². The predicted octanol–water partition coefficient (Wildman–Crippen LogP) is 1.72. The summed E-state index contributed by atoms with van der Waals surface area (Å²) in [6.07, 6.45) is 3.75. The summed E-state index contributed by atoms with van der Waals surface area (Å²) in [5, 5.41) is 0. The van der Waals surface area contributed by atoms with Crippen molar-refractivity contribution in [3.05, 3.63) is 22.8 Å². The number of ketones is 1. The van der Waals surface area contributed by atoms with E-state index in [1.807, 2.05) is 6.08 Å². The molecule has 5 nitrogen and oxygen atoms in total. The number of hydrogen-bond donors (Lipinski definition) is 0. The van der Waals surface area contributed by atoms with E-state index in [4.69, 9.17) is 9.47 Å². The van der Waals surface area contributed by atoms with Gasteiger partial charge in [0, 0.05) is 0 Å². The molecule has 0 aromatic carbocycles. The molecule has 0 fully saturated rings. The lowest BCUT2D eigenvalue weighted by Gasteiger charge is -2.23. The predicted molar refractivity (Wildman–Crippen MR) is 70.7 cm³/mol. The average Bonchev–Trinajstić information content (AvgIpc) is 2.84.